The van der Waals surface area contributed by atoms with Crippen molar-refractivity contribution in [2.24, 2.45) is 0 Å². The third-order valence-corrected chi connectivity index (χ3v) is 4.00. The molecule has 0 aliphatic carbocycles. The summed E-state index contributed by atoms with van der Waals surface area (Å²) < 4.78 is 5.26. The van der Waals surface area contributed by atoms with Gasteiger partial charge in [-0.2, -0.15) is 0 Å². The lowest BCUT2D eigenvalue weighted by Gasteiger charge is -2.29. The van der Waals surface area contributed by atoms with Gasteiger partial charge in [-0.05, 0) is 43.5 Å². The van der Waals surface area contributed by atoms with Crippen LogP contribution in [0.4, 0.5) is 5.69 Å². The Bertz CT molecular complexity index is 721. The molecular formula is C18H20N2O3. The van der Waals surface area contributed by atoms with Crippen molar-refractivity contribution in [3.8, 4) is 0 Å². The monoisotopic (exact) mass is 312 g/mol. The maximum absolute atomic E-state index is 12.4. The molecule has 2 heterocycles. The molecule has 1 aliphatic rings. The van der Waals surface area contributed by atoms with E-state index in [2.05, 4.69) is 11.4 Å². The molecule has 2 amide bonds. The highest BCUT2D eigenvalue weighted by molar-refractivity contribution is 5.95. The van der Waals surface area contributed by atoms with Gasteiger partial charge in [0.2, 0.25) is 5.91 Å². The molecule has 5 heteroatoms. The van der Waals surface area contributed by atoms with Crippen LogP contribution >= 0.6 is 0 Å². The summed E-state index contributed by atoms with van der Waals surface area (Å²) in [5, 5.41) is 2.73. The number of fused-ring (bicyclic) bond motifs is 1. The smallest absolute Gasteiger partial charge is 0.287 e. The van der Waals surface area contributed by atoms with Gasteiger partial charge >= 0.3 is 0 Å². The van der Waals surface area contributed by atoms with E-state index in [0.717, 1.165) is 25.1 Å². The summed E-state index contributed by atoms with van der Waals surface area (Å²) in [4.78, 5) is 26.1. The van der Waals surface area contributed by atoms with Crippen LogP contribution in [0.5, 0.6) is 0 Å². The van der Waals surface area contributed by atoms with Crippen LogP contribution in [0.1, 0.15) is 34.7 Å². The number of aryl methyl sites for hydroxylation is 2. The van der Waals surface area contributed by atoms with Gasteiger partial charge in [0.25, 0.3) is 5.91 Å². The second-order valence-electron chi connectivity index (χ2n) is 5.69. The van der Waals surface area contributed by atoms with Crippen molar-refractivity contribution in [3.63, 3.8) is 0 Å². The standard InChI is InChI=1S/C18H20N2O3/c1-13-8-9-16(23-13)18(22)19-11-10-17(21)20-12-4-6-14-5-2-3-7-15(14)20/h2-3,5,7-9H,4,6,10-12H2,1H3,(H,19,22). The minimum absolute atomic E-state index is 0.0353. The molecule has 0 radical (unpaired) electrons. The molecule has 0 atom stereocenters. The predicted octanol–water partition coefficient (Wildman–Crippen LogP) is 2.69. The van der Waals surface area contributed by atoms with Crippen LogP contribution < -0.4 is 10.2 Å². The first-order valence-corrected chi connectivity index (χ1v) is 7.88. The van der Waals surface area contributed by atoms with E-state index in [1.165, 1.54) is 5.56 Å². The minimum atomic E-state index is -0.287. The van der Waals surface area contributed by atoms with E-state index in [1.807, 2.05) is 23.1 Å². The Morgan fingerprint density at radius 1 is 1.22 bits per heavy atom. The van der Waals surface area contributed by atoms with Gasteiger partial charge in [-0.15, -0.1) is 0 Å². The summed E-state index contributed by atoms with van der Waals surface area (Å²) in [5.41, 5.74) is 2.21. The highest BCUT2D eigenvalue weighted by Gasteiger charge is 2.21. The van der Waals surface area contributed by atoms with Crippen LogP contribution in [0.3, 0.4) is 0 Å². The zero-order valence-corrected chi connectivity index (χ0v) is 13.2. The fraction of sp³-hybridized carbons (Fsp3) is 0.333. The Morgan fingerprint density at radius 2 is 2.04 bits per heavy atom. The average Bonchev–Trinajstić information content (AvgIpc) is 3.00. The van der Waals surface area contributed by atoms with E-state index in [-0.39, 0.29) is 24.0 Å². The zero-order valence-electron chi connectivity index (χ0n) is 13.2. The maximum atomic E-state index is 12.4. The van der Waals surface area contributed by atoms with E-state index in [1.54, 1.807) is 19.1 Å². The number of carbonyl (C=O) groups is 2. The van der Waals surface area contributed by atoms with Crippen molar-refractivity contribution >= 4 is 17.5 Å². The van der Waals surface area contributed by atoms with Gasteiger partial charge < -0.3 is 14.6 Å². The molecule has 0 unspecified atom stereocenters. The van der Waals surface area contributed by atoms with E-state index >= 15 is 0 Å². The molecule has 5 nitrogen and oxygen atoms in total. The van der Waals surface area contributed by atoms with Crippen LogP contribution in [0.2, 0.25) is 0 Å². The summed E-state index contributed by atoms with van der Waals surface area (Å²) in [5.74, 6) is 0.715. The Hall–Kier alpha value is -2.56. The van der Waals surface area contributed by atoms with Crippen molar-refractivity contribution in [3.05, 3.63) is 53.5 Å². The summed E-state index contributed by atoms with van der Waals surface area (Å²) in [6, 6.07) is 11.4. The molecular weight excluding hydrogens is 292 g/mol. The molecule has 120 valence electrons. The summed E-state index contributed by atoms with van der Waals surface area (Å²) in [6.07, 6.45) is 2.26. The fourth-order valence-corrected chi connectivity index (χ4v) is 2.85. The number of anilines is 1. The molecule has 0 saturated heterocycles. The Labute approximate surface area is 135 Å². The summed E-state index contributed by atoms with van der Waals surface area (Å²) in [7, 11) is 0. The Kier molecular flexibility index (Phi) is 4.46. The van der Waals surface area contributed by atoms with E-state index in [4.69, 9.17) is 4.42 Å². The highest BCUT2D eigenvalue weighted by atomic mass is 16.3. The second-order valence-corrected chi connectivity index (χ2v) is 5.69. The Morgan fingerprint density at radius 3 is 2.83 bits per heavy atom. The summed E-state index contributed by atoms with van der Waals surface area (Å²) >= 11 is 0. The van der Waals surface area contributed by atoms with Crippen LogP contribution in [0.25, 0.3) is 0 Å². The number of nitrogens with one attached hydrogen (secondary N) is 1. The first kappa shape index (κ1) is 15.3. The SMILES string of the molecule is Cc1ccc(C(=O)NCCC(=O)N2CCCc3ccccc32)o1. The van der Waals surface area contributed by atoms with Gasteiger partial charge in [0.15, 0.2) is 5.76 Å². The first-order chi connectivity index (χ1) is 11.1. The molecule has 1 N–H and O–H groups in total. The van der Waals surface area contributed by atoms with Crippen LogP contribution in [-0.2, 0) is 11.2 Å². The quantitative estimate of drug-likeness (QED) is 0.944. The molecule has 1 aliphatic heterocycles. The highest BCUT2D eigenvalue weighted by Crippen LogP contribution is 2.26. The third-order valence-electron chi connectivity index (χ3n) is 4.00. The molecule has 1 aromatic heterocycles. The van der Waals surface area contributed by atoms with Crippen LogP contribution in [0, 0.1) is 6.92 Å². The lowest BCUT2D eigenvalue weighted by atomic mass is 10.0. The number of hydrogen-bond donors (Lipinski definition) is 1. The lowest BCUT2D eigenvalue weighted by molar-refractivity contribution is -0.118. The fourth-order valence-electron chi connectivity index (χ4n) is 2.85. The normalized spacial score (nSPS) is 13.5. The van der Waals surface area contributed by atoms with Gasteiger partial charge in [-0.25, -0.2) is 0 Å². The minimum Gasteiger partial charge on any atom is -0.456 e. The van der Waals surface area contributed by atoms with Gasteiger partial charge in [0.1, 0.15) is 5.76 Å². The molecule has 23 heavy (non-hydrogen) atoms. The largest absolute Gasteiger partial charge is 0.456 e. The number of hydrogen-bond acceptors (Lipinski definition) is 3. The Balaban J connectivity index is 1.55. The van der Waals surface area contributed by atoms with Crippen LogP contribution in [0.15, 0.2) is 40.8 Å². The molecule has 1 aromatic carbocycles. The lowest BCUT2D eigenvalue weighted by Crippen LogP contribution is -2.37. The third kappa shape index (κ3) is 3.44. The number of furan rings is 1. The van der Waals surface area contributed by atoms with Gasteiger partial charge in [-0.3, -0.25) is 9.59 Å². The van der Waals surface area contributed by atoms with Crippen molar-refractivity contribution in [1.29, 1.82) is 0 Å². The van der Waals surface area contributed by atoms with E-state index in [9.17, 15) is 9.59 Å². The average molecular weight is 312 g/mol. The van der Waals surface area contributed by atoms with Crippen LogP contribution in [-0.4, -0.2) is 24.9 Å². The van der Waals surface area contributed by atoms with Gasteiger partial charge in [0.05, 0.1) is 0 Å². The number of para-hydroxylation sites is 1. The first-order valence-electron chi connectivity index (χ1n) is 7.88. The number of carbonyl (C=O) groups excluding carboxylic acids is 2. The molecule has 3 rings (SSSR count). The van der Waals surface area contributed by atoms with E-state index < -0.39 is 0 Å². The van der Waals surface area contributed by atoms with Crippen molar-refractivity contribution < 1.29 is 14.0 Å². The topological polar surface area (TPSA) is 62.6 Å². The molecule has 2 aromatic rings. The van der Waals surface area contributed by atoms with Gasteiger partial charge in [0, 0.05) is 25.2 Å². The number of rotatable bonds is 4. The molecule has 0 saturated carbocycles. The second kappa shape index (κ2) is 6.69. The molecule has 0 spiro atoms. The number of nitrogens with zero attached hydrogens (tertiary/aromatic N) is 1. The predicted molar refractivity (Wildman–Crippen MR) is 87.5 cm³/mol. The van der Waals surface area contributed by atoms with Crippen molar-refractivity contribution in [1.82, 2.24) is 5.32 Å². The number of benzene rings is 1. The molecule has 0 bridgehead atoms. The van der Waals surface area contributed by atoms with Gasteiger partial charge in [-0.1, -0.05) is 18.2 Å². The summed E-state index contributed by atoms with van der Waals surface area (Å²) in [6.45, 7) is 2.82. The zero-order chi connectivity index (χ0) is 16.2. The van der Waals surface area contributed by atoms with E-state index in [0.29, 0.717) is 12.3 Å². The number of amides is 2. The molecule has 0 fully saturated rings. The van der Waals surface area contributed by atoms with Crippen molar-refractivity contribution in [2.45, 2.75) is 26.2 Å². The maximum Gasteiger partial charge on any atom is 0.287 e. The van der Waals surface area contributed by atoms with Crippen molar-refractivity contribution in [2.75, 3.05) is 18.0 Å².